The summed E-state index contributed by atoms with van der Waals surface area (Å²) in [5.41, 5.74) is 1.45. The number of fused-ring (bicyclic) bond motifs is 1. The van der Waals surface area contributed by atoms with Crippen molar-refractivity contribution >= 4 is 32.8 Å². The number of hydrogen-bond donors (Lipinski definition) is 0. The number of hydrogen-bond acceptors (Lipinski definition) is 7. The van der Waals surface area contributed by atoms with Crippen molar-refractivity contribution in [2.24, 2.45) is 0 Å². The van der Waals surface area contributed by atoms with Gasteiger partial charge in [-0.2, -0.15) is 0 Å². The number of aromatic nitrogens is 1. The van der Waals surface area contributed by atoms with Gasteiger partial charge in [0, 0.05) is 13.6 Å². The molecular formula is C25H24N2O7S. The minimum absolute atomic E-state index is 0.0444. The van der Waals surface area contributed by atoms with Crippen LogP contribution in [0.25, 0.3) is 11.1 Å². The molecule has 3 aromatic carbocycles. The highest BCUT2D eigenvalue weighted by molar-refractivity contribution is 7.92. The van der Waals surface area contributed by atoms with Crippen LogP contribution in [0.3, 0.4) is 0 Å². The monoisotopic (exact) mass is 496 g/mol. The van der Waals surface area contributed by atoms with Crippen molar-refractivity contribution in [3.8, 4) is 11.5 Å². The summed E-state index contributed by atoms with van der Waals surface area (Å²) in [7, 11) is -2.34. The molecule has 0 amide bonds. The molecule has 0 unspecified atom stereocenters. The van der Waals surface area contributed by atoms with Crippen LogP contribution in [-0.2, 0) is 21.4 Å². The molecule has 0 bridgehead atoms. The first-order valence-electron chi connectivity index (χ1n) is 10.9. The summed E-state index contributed by atoms with van der Waals surface area (Å²) in [6.45, 7) is 2.44. The van der Waals surface area contributed by atoms with Crippen molar-refractivity contribution in [2.75, 3.05) is 18.0 Å². The molecule has 10 heteroatoms. The third kappa shape index (κ3) is 5.22. The van der Waals surface area contributed by atoms with Gasteiger partial charge in [-0.25, -0.2) is 13.2 Å². The van der Waals surface area contributed by atoms with Crippen molar-refractivity contribution in [3.63, 3.8) is 0 Å². The first-order chi connectivity index (χ1) is 16.8. The molecule has 9 nitrogen and oxygen atoms in total. The fraction of sp³-hybridized carbons (Fsp3) is 0.200. The molecule has 4 aromatic rings. The highest BCUT2D eigenvalue weighted by atomic mass is 32.2. The average Bonchev–Trinajstić information content (AvgIpc) is 3.18. The van der Waals surface area contributed by atoms with E-state index in [1.54, 1.807) is 48.5 Å². The lowest BCUT2D eigenvalue weighted by molar-refractivity contribution is -0.134. The van der Waals surface area contributed by atoms with Gasteiger partial charge in [0.25, 0.3) is 10.0 Å². The molecule has 0 aliphatic rings. The van der Waals surface area contributed by atoms with Crippen molar-refractivity contribution in [2.45, 2.75) is 24.8 Å². The van der Waals surface area contributed by atoms with Crippen LogP contribution in [0.2, 0.25) is 0 Å². The molecule has 0 N–H and O–H groups in total. The Bertz CT molecular complexity index is 1490. The summed E-state index contributed by atoms with van der Waals surface area (Å²) >= 11 is 0. The number of carbonyl (C=O) groups excluding carboxylic acids is 1. The summed E-state index contributed by atoms with van der Waals surface area (Å²) in [4.78, 5) is 24.5. The lowest BCUT2D eigenvalue weighted by Crippen LogP contribution is -2.26. The second kappa shape index (κ2) is 10.1. The van der Waals surface area contributed by atoms with Gasteiger partial charge in [0.1, 0.15) is 11.5 Å². The number of sulfonamides is 1. The van der Waals surface area contributed by atoms with Gasteiger partial charge in [-0.3, -0.25) is 13.7 Å². The fourth-order valence-electron chi connectivity index (χ4n) is 3.51. The summed E-state index contributed by atoms with van der Waals surface area (Å²) < 4.78 is 44.3. The van der Waals surface area contributed by atoms with E-state index < -0.39 is 21.7 Å². The molecule has 0 aliphatic heterocycles. The van der Waals surface area contributed by atoms with Crippen molar-refractivity contribution < 1.29 is 27.1 Å². The number of para-hydroxylation sites is 2. The summed E-state index contributed by atoms with van der Waals surface area (Å²) in [5.74, 6) is -0.230. The van der Waals surface area contributed by atoms with E-state index in [4.69, 9.17) is 13.9 Å². The molecule has 0 atom stereocenters. The normalized spacial score (nSPS) is 11.4. The van der Waals surface area contributed by atoms with Crippen LogP contribution >= 0.6 is 0 Å². The van der Waals surface area contributed by atoms with E-state index in [9.17, 15) is 18.0 Å². The predicted octanol–water partition coefficient (Wildman–Crippen LogP) is 3.81. The number of benzene rings is 3. The Morgan fingerprint density at radius 3 is 2.31 bits per heavy atom. The van der Waals surface area contributed by atoms with Gasteiger partial charge in [0.15, 0.2) is 5.58 Å². The van der Waals surface area contributed by atoms with Gasteiger partial charge in [0.2, 0.25) is 0 Å². The minimum Gasteiger partial charge on any atom is -0.494 e. The molecule has 1 aromatic heterocycles. The number of esters is 1. The quantitative estimate of drug-likeness (QED) is 0.256. The first kappa shape index (κ1) is 24.1. The molecule has 0 spiro atoms. The highest BCUT2D eigenvalue weighted by Crippen LogP contribution is 2.26. The van der Waals surface area contributed by atoms with Gasteiger partial charge < -0.3 is 13.9 Å². The van der Waals surface area contributed by atoms with Gasteiger partial charge >= 0.3 is 11.7 Å². The van der Waals surface area contributed by atoms with Crippen molar-refractivity contribution in [1.29, 1.82) is 0 Å². The van der Waals surface area contributed by atoms with E-state index in [2.05, 4.69) is 0 Å². The molecule has 0 saturated heterocycles. The van der Waals surface area contributed by atoms with E-state index in [0.29, 0.717) is 29.1 Å². The largest absolute Gasteiger partial charge is 0.494 e. The zero-order chi connectivity index (χ0) is 25.0. The SMILES string of the molecule is CCOc1ccc(S(=O)(=O)N(C)c2ccc(OC(=O)CCn3c(=O)oc4ccccc43)cc2)cc1. The van der Waals surface area contributed by atoms with Crippen LogP contribution in [0.4, 0.5) is 5.69 Å². The maximum atomic E-state index is 12.9. The van der Waals surface area contributed by atoms with Crippen LogP contribution in [0, 0.1) is 0 Å². The number of oxazole rings is 1. The molecule has 4 rings (SSSR count). The molecule has 35 heavy (non-hydrogen) atoms. The molecule has 1 heterocycles. The number of ether oxygens (including phenoxy) is 2. The Morgan fingerprint density at radius 2 is 1.63 bits per heavy atom. The Morgan fingerprint density at radius 1 is 0.971 bits per heavy atom. The second-order valence-corrected chi connectivity index (χ2v) is 9.55. The summed E-state index contributed by atoms with van der Waals surface area (Å²) in [6, 6.07) is 19.3. The maximum Gasteiger partial charge on any atom is 0.419 e. The predicted molar refractivity (Wildman–Crippen MR) is 130 cm³/mol. The van der Waals surface area contributed by atoms with Crippen LogP contribution in [0.15, 0.2) is 86.9 Å². The van der Waals surface area contributed by atoms with E-state index >= 15 is 0 Å². The number of aryl methyl sites for hydroxylation is 1. The first-order valence-corrected chi connectivity index (χ1v) is 12.3. The van der Waals surface area contributed by atoms with Crippen LogP contribution in [0.5, 0.6) is 11.5 Å². The number of nitrogens with zero attached hydrogens (tertiary/aromatic N) is 2. The molecular weight excluding hydrogens is 472 g/mol. The van der Waals surface area contributed by atoms with Crippen LogP contribution in [0.1, 0.15) is 13.3 Å². The van der Waals surface area contributed by atoms with Crippen molar-refractivity contribution in [1.82, 2.24) is 4.57 Å². The Labute approximate surface area is 202 Å². The zero-order valence-corrected chi connectivity index (χ0v) is 20.0. The standard InChI is InChI=1S/C25H24N2O7S/c1-3-32-19-12-14-21(15-13-19)35(30,31)26(2)18-8-10-20(11-9-18)33-24(28)16-17-27-22-6-4-5-7-23(22)34-25(27)29/h4-15H,3,16-17H2,1-2H3. The van der Waals surface area contributed by atoms with Gasteiger partial charge in [-0.05, 0) is 67.6 Å². The molecule has 0 fully saturated rings. The van der Waals surface area contributed by atoms with Gasteiger partial charge in [-0.1, -0.05) is 12.1 Å². The van der Waals surface area contributed by atoms with E-state index in [1.165, 1.54) is 35.9 Å². The number of anilines is 1. The van der Waals surface area contributed by atoms with Gasteiger partial charge in [-0.15, -0.1) is 0 Å². The average molecular weight is 497 g/mol. The smallest absolute Gasteiger partial charge is 0.419 e. The number of rotatable bonds is 9. The fourth-order valence-corrected chi connectivity index (χ4v) is 4.70. The van der Waals surface area contributed by atoms with E-state index in [0.717, 1.165) is 4.31 Å². The molecule has 0 radical (unpaired) electrons. The van der Waals surface area contributed by atoms with E-state index in [-0.39, 0.29) is 23.6 Å². The Balaban J connectivity index is 1.39. The van der Waals surface area contributed by atoms with Crippen LogP contribution < -0.4 is 19.5 Å². The van der Waals surface area contributed by atoms with E-state index in [1.807, 2.05) is 6.92 Å². The molecule has 0 saturated carbocycles. The van der Waals surface area contributed by atoms with Gasteiger partial charge in [0.05, 0.1) is 29.1 Å². The minimum atomic E-state index is -3.79. The maximum absolute atomic E-state index is 12.9. The van der Waals surface area contributed by atoms with Crippen LogP contribution in [-0.4, -0.2) is 32.6 Å². The Hall–Kier alpha value is -4.05. The third-order valence-electron chi connectivity index (χ3n) is 5.34. The topological polar surface area (TPSA) is 108 Å². The molecule has 0 aliphatic carbocycles. The summed E-state index contributed by atoms with van der Waals surface area (Å²) in [6.07, 6.45) is -0.0444. The zero-order valence-electron chi connectivity index (χ0n) is 19.2. The molecule has 182 valence electrons. The summed E-state index contributed by atoms with van der Waals surface area (Å²) in [5, 5.41) is 0. The van der Waals surface area contributed by atoms with Crippen molar-refractivity contribution in [3.05, 3.63) is 83.3 Å². The Kier molecular flexibility index (Phi) is 6.92. The highest BCUT2D eigenvalue weighted by Gasteiger charge is 2.21. The lowest BCUT2D eigenvalue weighted by Gasteiger charge is -2.20. The lowest BCUT2D eigenvalue weighted by atomic mass is 10.3. The third-order valence-corrected chi connectivity index (χ3v) is 7.14. The number of carbonyl (C=O) groups is 1. The second-order valence-electron chi connectivity index (χ2n) is 7.58.